The van der Waals surface area contributed by atoms with E-state index in [0.29, 0.717) is 18.7 Å². The topological polar surface area (TPSA) is 92.6 Å². The summed E-state index contributed by atoms with van der Waals surface area (Å²) in [6.45, 7) is 4.18. The van der Waals surface area contributed by atoms with Crippen molar-refractivity contribution in [3.63, 3.8) is 0 Å². The first-order chi connectivity index (χ1) is 9.38. The Kier molecular flexibility index (Phi) is 5.46. The molecule has 0 aliphatic carbocycles. The molecule has 1 aromatic rings. The van der Waals surface area contributed by atoms with Crippen LogP contribution >= 0.6 is 0 Å². The first-order valence-electron chi connectivity index (χ1n) is 6.34. The van der Waals surface area contributed by atoms with Crippen LogP contribution in [-0.4, -0.2) is 37.8 Å². The molecule has 0 atom stereocenters. The molecule has 0 fully saturated rings. The molecule has 0 saturated carbocycles. The number of nitro benzene ring substituents is 1. The summed E-state index contributed by atoms with van der Waals surface area (Å²) in [5, 5.41) is 13.9. The standard InChI is InChI=1S/C12H19N3O4S/c1-4-8-14(5-2)20(18,19)12-7-6-10(13-3)9-11(12)15(16)17/h6-7,9,13H,4-5,8H2,1-3H3. The van der Waals surface area contributed by atoms with Crippen LogP contribution < -0.4 is 5.32 Å². The van der Waals surface area contributed by atoms with Crippen molar-refractivity contribution in [2.24, 2.45) is 0 Å². The molecule has 0 unspecified atom stereocenters. The molecule has 0 aliphatic heterocycles. The van der Waals surface area contributed by atoms with Gasteiger partial charge in [0, 0.05) is 31.9 Å². The van der Waals surface area contributed by atoms with Crippen LogP contribution in [0.2, 0.25) is 0 Å². The summed E-state index contributed by atoms with van der Waals surface area (Å²) in [5.74, 6) is 0. The van der Waals surface area contributed by atoms with Crippen LogP contribution in [0.4, 0.5) is 11.4 Å². The molecule has 1 aromatic carbocycles. The largest absolute Gasteiger partial charge is 0.388 e. The van der Waals surface area contributed by atoms with Gasteiger partial charge in [-0.15, -0.1) is 0 Å². The Bertz CT molecular complexity index is 586. The van der Waals surface area contributed by atoms with Crippen LogP contribution in [0.15, 0.2) is 23.1 Å². The average Bonchev–Trinajstić information content (AvgIpc) is 2.43. The highest BCUT2D eigenvalue weighted by molar-refractivity contribution is 7.89. The molecule has 0 radical (unpaired) electrons. The van der Waals surface area contributed by atoms with Crippen molar-refractivity contribution in [1.82, 2.24) is 4.31 Å². The molecule has 0 heterocycles. The van der Waals surface area contributed by atoms with Crippen molar-refractivity contribution >= 4 is 21.4 Å². The number of nitrogens with zero attached hydrogens (tertiary/aromatic N) is 2. The summed E-state index contributed by atoms with van der Waals surface area (Å²) in [4.78, 5) is 10.2. The number of benzene rings is 1. The third kappa shape index (κ3) is 3.26. The summed E-state index contributed by atoms with van der Waals surface area (Å²) >= 11 is 0. The zero-order chi connectivity index (χ0) is 15.3. The quantitative estimate of drug-likeness (QED) is 0.614. The van der Waals surface area contributed by atoms with Crippen molar-refractivity contribution in [1.29, 1.82) is 0 Å². The Hall–Kier alpha value is -1.67. The number of hydrogen-bond donors (Lipinski definition) is 1. The molecule has 0 bridgehead atoms. The van der Waals surface area contributed by atoms with Gasteiger partial charge in [-0.05, 0) is 18.6 Å². The van der Waals surface area contributed by atoms with Gasteiger partial charge >= 0.3 is 0 Å². The molecular formula is C12H19N3O4S. The van der Waals surface area contributed by atoms with Crippen LogP contribution in [-0.2, 0) is 10.0 Å². The first kappa shape index (κ1) is 16.4. The van der Waals surface area contributed by atoms with Gasteiger partial charge in [-0.25, -0.2) is 8.42 Å². The fourth-order valence-electron chi connectivity index (χ4n) is 1.87. The predicted octanol–water partition coefficient (Wildman–Crippen LogP) is 2.06. The van der Waals surface area contributed by atoms with Crippen LogP contribution in [0, 0.1) is 10.1 Å². The number of nitrogens with one attached hydrogen (secondary N) is 1. The minimum absolute atomic E-state index is 0.267. The number of hydrogen-bond acceptors (Lipinski definition) is 5. The Morgan fingerprint density at radius 3 is 2.45 bits per heavy atom. The summed E-state index contributed by atoms with van der Waals surface area (Å²) in [7, 11) is -2.24. The average molecular weight is 301 g/mol. The molecule has 0 aliphatic rings. The van der Waals surface area contributed by atoms with E-state index in [2.05, 4.69) is 5.32 Å². The van der Waals surface area contributed by atoms with Crippen LogP contribution in [0.3, 0.4) is 0 Å². The molecule has 1 N–H and O–H groups in total. The van der Waals surface area contributed by atoms with E-state index in [0.717, 1.165) is 0 Å². The lowest BCUT2D eigenvalue weighted by Gasteiger charge is -2.19. The van der Waals surface area contributed by atoms with Gasteiger partial charge in [-0.2, -0.15) is 4.31 Å². The fraction of sp³-hybridized carbons (Fsp3) is 0.500. The van der Waals surface area contributed by atoms with Gasteiger partial charge < -0.3 is 5.32 Å². The van der Waals surface area contributed by atoms with E-state index in [9.17, 15) is 18.5 Å². The maximum atomic E-state index is 12.5. The minimum Gasteiger partial charge on any atom is -0.388 e. The second kappa shape index (κ2) is 6.67. The zero-order valence-electron chi connectivity index (χ0n) is 11.8. The SMILES string of the molecule is CCCN(CC)S(=O)(=O)c1ccc(NC)cc1[N+](=O)[O-]. The van der Waals surface area contributed by atoms with E-state index in [1.165, 1.54) is 22.5 Å². The minimum atomic E-state index is -3.85. The summed E-state index contributed by atoms with van der Waals surface area (Å²) in [6.07, 6.45) is 0.648. The Labute approximate surface area is 118 Å². The third-order valence-electron chi connectivity index (χ3n) is 2.89. The van der Waals surface area contributed by atoms with E-state index in [1.807, 2.05) is 6.92 Å². The van der Waals surface area contributed by atoms with Crippen molar-refractivity contribution in [3.8, 4) is 0 Å². The van der Waals surface area contributed by atoms with Crippen molar-refractivity contribution in [2.45, 2.75) is 25.2 Å². The van der Waals surface area contributed by atoms with Crippen LogP contribution in [0.25, 0.3) is 0 Å². The van der Waals surface area contributed by atoms with E-state index in [4.69, 9.17) is 0 Å². The first-order valence-corrected chi connectivity index (χ1v) is 7.78. The van der Waals surface area contributed by atoms with Crippen molar-refractivity contribution in [3.05, 3.63) is 28.3 Å². The summed E-state index contributed by atoms with van der Waals surface area (Å²) < 4.78 is 26.2. The molecule has 20 heavy (non-hydrogen) atoms. The smallest absolute Gasteiger partial charge is 0.291 e. The lowest BCUT2D eigenvalue weighted by molar-refractivity contribution is -0.387. The Morgan fingerprint density at radius 1 is 1.35 bits per heavy atom. The maximum Gasteiger partial charge on any atom is 0.291 e. The lowest BCUT2D eigenvalue weighted by Crippen LogP contribution is -2.32. The van der Waals surface area contributed by atoms with Crippen LogP contribution in [0.5, 0.6) is 0 Å². The molecule has 0 amide bonds. The summed E-state index contributed by atoms with van der Waals surface area (Å²) in [6, 6.07) is 4.02. The van der Waals surface area contributed by atoms with Gasteiger partial charge in [0.2, 0.25) is 10.0 Å². The Balaban J connectivity index is 3.40. The van der Waals surface area contributed by atoms with E-state index in [-0.39, 0.29) is 11.4 Å². The number of nitro groups is 1. The normalized spacial score (nSPS) is 11.6. The van der Waals surface area contributed by atoms with Gasteiger partial charge in [0.1, 0.15) is 0 Å². The van der Waals surface area contributed by atoms with E-state index >= 15 is 0 Å². The highest BCUT2D eigenvalue weighted by atomic mass is 32.2. The molecule has 1 rings (SSSR count). The third-order valence-corrected chi connectivity index (χ3v) is 4.91. The van der Waals surface area contributed by atoms with Gasteiger partial charge in [-0.3, -0.25) is 10.1 Å². The molecule has 0 aromatic heterocycles. The van der Waals surface area contributed by atoms with Crippen LogP contribution in [0.1, 0.15) is 20.3 Å². The highest BCUT2D eigenvalue weighted by Gasteiger charge is 2.30. The predicted molar refractivity (Wildman–Crippen MR) is 77.4 cm³/mol. The second-order valence-corrected chi connectivity index (χ2v) is 6.09. The Morgan fingerprint density at radius 2 is 2.00 bits per heavy atom. The van der Waals surface area contributed by atoms with Gasteiger partial charge in [0.15, 0.2) is 4.90 Å². The molecule has 7 nitrogen and oxygen atoms in total. The number of sulfonamides is 1. The second-order valence-electron chi connectivity index (χ2n) is 4.19. The van der Waals surface area contributed by atoms with Gasteiger partial charge in [-0.1, -0.05) is 13.8 Å². The maximum absolute atomic E-state index is 12.5. The molecule has 0 spiro atoms. The van der Waals surface area contributed by atoms with E-state index in [1.54, 1.807) is 14.0 Å². The zero-order valence-corrected chi connectivity index (χ0v) is 12.6. The van der Waals surface area contributed by atoms with Crippen molar-refractivity contribution < 1.29 is 13.3 Å². The molecular weight excluding hydrogens is 282 g/mol. The van der Waals surface area contributed by atoms with Gasteiger partial charge in [0.05, 0.1) is 4.92 Å². The van der Waals surface area contributed by atoms with Gasteiger partial charge in [0.25, 0.3) is 5.69 Å². The lowest BCUT2D eigenvalue weighted by atomic mass is 10.3. The molecule has 8 heteroatoms. The monoisotopic (exact) mass is 301 g/mol. The number of rotatable bonds is 7. The molecule has 112 valence electrons. The summed E-state index contributed by atoms with van der Waals surface area (Å²) in [5.41, 5.74) is 0.0839. The van der Waals surface area contributed by atoms with Crippen molar-refractivity contribution in [2.75, 3.05) is 25.5 Å². The number of anilines is 1. The van der Waals surface area contributed by atoms with E-state index < -0.39 is 20.6 Å². The molecule has 0 saturated heterocycles. The highest BCUT2D eigenvalue weighted by Crippen LogP contribution is 2.29. The fourth-order valence-corrected chi connectivity index (χ4v) is 3.55.